The fourth-order valence-corrected chi connectivity index (χ4v) is 5.18. The molecule has 0 bridgehead atoms. The molecule has 3 nitrogen and oxygen atoms in total. The van der Waals surface area contributed by atoms with Crippen molar-refractivity contribution < 1.29 is 0 Å². The molecule has 0 aliphatic carbocycles. The van der Waals surface area contributed by atoms with Crippen LogP contribution in [0.25, 0.3) is 0 Å². The van der Waals surface area contributed by atoms with Crippen molar-refractivity contribution in [3.05, 3.63) is 161 Å². The van der Waals surface area contributed by atoms with Gasteiger partial charge in [0.2, 0.25) is 0 Å². The van der Waals surface area contributed by atoms with Crippen LogP contribution in [0.15, 0.2) is 128 Å². The molecule has 0 unspecified atom stereocenters. The van der Waals surface area contributed by atoms with Crippen molar-refractivity contribution in [1.82, 2.24) is 14.9 Å². The largest absolute Gasteiger partial charge is 0.319 e. The van der Waals surface area contributed by atoms with Crippen LogP contribution in [0, 0.1) is 0 Å². The molecule has 0 saturated heterocycles. The van der Waals surface area contributed by atoms with Crippen LogP contribution in [0.1, 0.15) is 40.8 Å². The molecule has 0 amide bonds. The minimum Gasteiger partial charge on any atom is -0.319 e. The van der Waals surface area contributed by atoms with Gasteiger partial charge in [0.25, 0.3) is 0 Å². The van der Waals surface area contributed by atoms with E-state index in [4.69, 9.17) is 16.6 Å². The highest BCUT2D eigenvalue weighted by Crippen LogP contribution is 2.40. The molecule has 1 aromatic heterocycles. The van der Waals surface area contributed by atoms with Crippen molar-refractivity contribution in [3.8, 4) is 0 Å². The number of nitrogens with zero attached hydrogens (tertiary/aromatic N) is 2. The van der Waals surface area contributed by atoms with Gasteiger partial charge >= 0.3 is 0 Å². The smallest absolute Gasteiger partial charge is 0.121 e. The summed E-state index contributed by atoms with van der Waals surface area (Å²) >= 11 is 5.98. The molecule has 0 aliphatic heterocycles. The molecule has 37 heavy (non-hydrogen) atoms. The van der Waals surface area contributed by atoms with E-state index in [9.17, 15) is 0 Å². The number of halogens is 1. The van der Waals surface area contributed by atoms with Gasteiger partial charge in [-0.2, -0.15) is 0 Å². The van der Waals surface area contributed by atoms with Gasteiger partial charge < -0.3 is 9.88 Å². The van der Waals surface area contributed by atoms with E-state index in [1.165, 1.54) is 22.3 Å². The van der Waals surface area contributed by atoms with Gasteiger partial charge in [0, 0.05) is 17.8 Å². The van der Waals surface area contributed by atoms with Crippen molar-refractivity contribution in [3.63, 3.8) is 0 Å². The molecule has 5 rings (SSSR count). The third-order valence-corrected chi connectivity index (χ3v) is 7.13. The number of nitrogens with one attached hydrogen (secondary N) is 1. The number of imidazole rings is 1. The standard InChI is InChI=1S/C33H32ClN3/c34-31-21-19-27(20-22-31)24-35-23-11-10-18-32-25-37(26-36-32)33(28-12-4-1-5-13-28,29-14-6-2-7-15-29)30-16-8-3-9-17-30/h1-9,12-17,19-22,25-26,35H,10-11,18,23-24H2. The number of aromatic nitrogens is 2. The summed E-state index contributed by atoms with van der Waals surface area (Å²) in [6, 6.07) is 40.2. The van der Waals surface area contributed by atoms with Gasteiger partial charge in [-0.3, -0.25) is 0 Å². The number of rotatable bonds is 11. The van der Waals surface area contributed by atoms with Gasteiger partial charge in [-0.05, 0) is 60.2 Å². The first kappa shape index (κ1) is 25.0. The fourth-order valence-electron chi connectivity index (χ4n) is 5.05. The van der Waals surface area contributed by atoms with Gasteiger partial charge in [0.15, 0.2) is 0 Å². The van der Waals surface area contributed by atoms with Gasteiger partial charge in [0.1, 0.15) is 5.54 Å². The van der Waals surface area contributed by atoms with E-state index in [1.54, 1.807) is 0 Å². The Morgan fingerprint density at radius 2 is 1.22 bits per heavy atom. The summed E-state index contributed by atoms with van der Waals surface area (Å²) in [5.74, 6) is 0. The van der Waals surface area contributed by atoms with Gasteiger partial charge in [-0.15, -0.1) is 0 Å². The van der Waals surface area contributed by atoms with Gasteiger partial charge in [0.05, 0.1) is 12.0 Å². The van der Waals surface area contributed by atoms with Crippen LogP contribution in [0.2, 0.25) is 5.02 Å². The molecule has 1 N–H and O–H groups in total. The molecule has 5 aromatic rings. The third-order valence-electron chi connectivity index (χ3n) is 6.88. The Labute approximate surface area is 224 Å². The Morgan fingerprint density at radius 1 is 0.676 bits per heavy atom. The first-order chi connectivity index (χ1) is 18.3. The lowest BCUT2D eigenvalue weighted by Crippen LogP contribution is -2.36. The number of benzene rings is 4. The molecule has 1 heterocycles. The molecule has 4 aromatic carbocycles. The Hall–Kier alpha value is -3.66. The van der Waals surface area contributed by atoms with Crippen LogP contribution in [0.3, 0.4) is 0 Å². The highest BCUT2D eigenvalue weighted by Gasteiger charge is 2.38. The molecule has 0 aliphatic rings. The topological polar surface area (TPSA) is 29.9 Å². The van der Waals surface area contributed by atoms with Crippen molar-refractivity contribution in [2.24, 2.45) is 0 Å². The van der Waals surface area contributed by atoms with Crippen LogP contribution in [-0.4, -0.2) is 16.1 Å². The maximum absolute atomic E-state index is 5.98. The summed E-state index contributed by atoms with van der Waals surface area (Å²) in [5.41, 5.74) is 5.50. The second-order valence-electron chi connectivity index (χ2n) is 9.34. The molecule has 4 heteroatoms. The SMILES string of the molecule is Clc1ccc(CNCCCCc2cn(C(c3ccccc3)(c3ccccc3)c3ccccc3)cn2)cc1. The lowest BCUT2D eigenvalue weighted by Gasteiger charge is -2.37. The van der Waals surface area contributed by atoms with E-state index in [2.05, 4.69) is 119 Å². The second-order valence-corrected chi connectivity index (χ2v) is 9.78. The zero-order valence-electron chi connectivity index (χ0n) is 20.9. The van der Waals surface area contributed by atoms with Crippen LogP contribution in [0.4, 0.5) is 0 Å². The Bertz CT molecular complexity index is 1270. The predicted molar refractivity (Wildman–Crippen MR) is 153 cm³/mol. The minimum absolute atomic E-state index is 0.505. The zero-order chi connectivity index (χ0) is 25.3. The zero-order valence-corrected chi connectivity index (χ0v) is 21.7. The Kier molecular flexibility index (Phi) is 8.15. The number of hydrogen-bond acceptors (Lipinski definition) is 2. The third kappa shape index (κ3) is 5.69. The summed E-state index contributed by atoms with van der Waals surface area (Å²) in [6.07, 6.45) is 7.36. The average molecular weight is 506 g/mol. The summed E-state index contributed by atoms with van der Waals surface area (Å²) in [5, 5.41) is 4.31. The van der Waals surface area contributed by atoms with E-state index in [-0.39, 0.29) is 0 Å². The molecule has 186 valence electrons. The quantitative estimate of drug-likeness (QED) is 0.149. The maximum Gasteiger partial charge on any atom is 0.121 e. The molecule has 0 spiro atoms. The molecular weight excluding hydrogens is 474 g/mol. The normalized spacial score (nSPS) is 11.5. The summed E-state index contributed by atoms with van der Waals surface area (Å²) in [7, 11) is 0. The lowest BCUT2D eigenvalue weighted by molar-refractivity contribution is 0.514. The van der Waals surface area contributed by atoms with Crippen molar-refractivity contribution >= 4 is 11.6 Å². The first-order valence-electron chi connectivity index (χ1n) is 12.9. The van der Waals surface area contributed by atoms with Gasteiger partial charge in [-0.1, -0.05) is 115 Å². The number of aryl methyl sites for hydroxylation is 1. The molecule has 0 saturated carbocycles. The summed E-state index contributed by atoms with van der Waals surface area (Å²) in [6.45, 7) is 1.84. The van der Waals surface area contributed by atoms with Crippen LogP contribution in [-0.2, 0) is 18.5 Å². The van der Waals surface area contributed by atoms with Crippen LogP contribution in [0.5, 0.6) is 0 Å². The number of unbranched alkanes of at least 4 members (excludes halogenated alkanes) is 1. The minimum atomic E-state index is -0.505. The number of hydrogen-bond donors (Lipinski definition) is 1. The molecular formula is C33H32ClN3. The van der Waals surface area contributed by atoms with Crippen LogP contribution < -0.4 is 5.32 Å². The van der Waals surface area contributed by atoms with E-state index in [0.29, 0.717) is 0 Å². The highest BCUT2D eigenvalue weighted by molar-refractivity contribution is 6.30. The molecule has 0 radical (unpaired) electrons. The molecule has 0 fully saturated rings. The van der Waals surface area contributed by atoms with E-state index in [0.717, 1.165) is 43.1 Å². The monoisotopic (exact) mass is 505 g/mol. The summed E-state index contributed by atoms with van der Waals surface area (Å²) < 4.78 is 2.29. The van der Waals surface area contributed by atoms with Crippen molar-refractivity contribution in [2.75, 3.05) is 6.54 Å². The Morgan fingerprint density at radius 3 is 1.76 bits per heavy atom. The maximum atomic E-state index is 5.98. The van der Waals surface area contributed by atoms with E-state index >= 15 is 0 Å². The average Bonchev–Trinajstić information content (AvgIpc) is 3.43. The fraction of sp³-hybridized carbons (Fsp3) is 0.182. The van der Waals surface area contributed by atoms with E-state index in [1.807, 2.05) is 18.5 Å². The van der Waals surface area contributed by atoms with Crippen LogP contribution >= 0.6 is 11.6 Å². The predicted octanol–water partition coefficient (Wildman–Crippen LogP) is 7.49. The van der Waals surface area contributed by atoms with Gasteiger partial charge in [-0.25, -0.2) is 4.98 Å². The van der Waals surface area contributed by atoms with Crippen molar-refractivity contribution in [1.29, 1.82) is 0 Å². The van der Waals surface area contributed by atoms with E-state index < -0.39 is 5.54 Å². The molecule has 0 atom stereocenters. The Balaban J connectivity index is 1.35. The van der Waals surface area contributed by atoms with Crippen molar-refractivity contribution in [2.45, 2.75) is 31.3 Å². The lowest BCUT2D eigenvalue weighted by atomic mass is 9.77. The first-order valence-corrected chi connectivity index (χ1v) is 13.3. The second kappa shape index (κ2) is 12.1. The summed E-state index contributed by atoms with van der Waals surface area (Å²) in [4.78, 5) is 4.86. The highest BCUT2D eigenvalue weighted by atomic mass is 35.5.